The molecule has 2 aromatic rings. The number of hydrogen-bond donors (Lipinski definition) is 0. The van der Waals surface area contributed by atoms with E-state index in [0.717, 1.165) is 11.0 Å². The van der Waals surface area contributed by atoms with Crippen LogP contribution < -0.4 is 0 Å². The molecule has 0 aliphatic rings. The molecule has 0 radical (unpaired) electrons. The van der Waals surface area contributed by atoms with E-state index in [2.05, 4.69) is 0 Å². The van der Waals surface area contributed by atoms with Crippen LogP contribution in [0.2, 0.25) is 0 Å². The summed E-state index contributed by atoms with van der Waals surface area (Å²) >= 11 is 0. The van der Waals surface area contributed by atoms with Gasteiger partial charge in [0.2, 0.25) is 0 Å². The maximum absolute atomic E-state index is 12.2. The van der Waals surface area contributed by atoms with E-state index >= 15 is 0 Å². The maximum Gasteiger partial charge on any atom is 0.355 e. The summed E-state index contributed by atoms with van der Waals surface area (Å²) in [5.41, 5.74) is 2.04. The number of carbonyl (C=O) groups excluding carboxylic acids is 2. The van der Waals surface area contributed by atoms with E-state index in [4.69, 9.17) is 9.47 Å². The maximum atomic E-state index is 12.2. The van der Waals surface area contributed by atoms with Gasteiger partial charge >= 0.3 is 11.9 Å². The van der Waals surface area contributed by atoms with Crippen LogP contribution >= 0.6 is 0 Å². The van der Waals surface area contributed by atoms with E-state index < -0.39 is 5.97 Å². The van der Waals surface area contributed by atoms with Crippen molar-refractivity contribution >= 4 is 23.0 Å². The van der Waals surface area contributed by atoms with Crippen LogP contribution in [0, 0.1) is 0 Å². The summed E-state index contributed by atoms with van der Waals surface area (Å²) in [6.07, 6.45) is 1.66. The average Bonchev–Trinajstić information content (AvgIpc) is 2.91. The van der Waals surface area contributed by atoms with Crippen molar-refractivity contribution in [1.82, 2.24) is 9.13 Å². The number of hydrogen-bond acceptors (Lipinski definition) is 4. The molecule has 0 fully saturated rings. The molecular formula is C15H20N2O4. The lowest BCUT2D eigenvalue weighted by Crippen LogP contribution is -2.20. The van der Waals surface area contributed by atoms with Crippen LogP contribution in [-0.4, -0.2) is 33.8 Å². The molecule has 0 aliphatic heterocycles. The summed E-state index contributed by atoms with van der Waals surface area (Å²) < 4.78 is 13.7. The van der Waals surface area contributed by atoms with Crippen LogP contribution in [-0.2, 0) is 27.9 Å². The highest BCUT2D eigenvalue weighted by Gasteiger charge is 2.21. The first-order valence-corrected chi connectivity index (χ1v) is 6.95. The Kier molecular flexibility index (Phi) is 4.35. The minimum Gasteiger partial charge on any atom is -0.465 e. The fourth-order valence-corrected chi connectivity index (χ4v) is 2.22. The van der Waals surface area contributed by atoms with Crippen LogP contribution in [0.15, 0.2) is 18.3 Å². The first kappa shape index (κ1) is 15.2. The number of carbonyl (C=O) groups is 2. The van der Waals surface area contributed by atoms with Gasteiger partial charge < -0.3 is 18.6 Å². The molecule has 0 saturated heterocycles. The van der Waals surface area contributed by atoms with Crippen LogP contribution in [0.4, 0.5) is 0 Å². The Morgan fingerprint density at radius 1 is 1.29 bits per heavy atom. The average molecular weight is 292 g/mol. The third kappa shape index (κ3) is 3.09. The van der Waals surface area contributed by atoms with E-state index in [-0.39, 0.29) is 18.6 Å². The molecule has 0 unspecified atom stereocenters. The van der Waals surface area contributed by atoms with Crippen LogP contribution in [0.5, 0.6) is 0 Å². The highest BCUT2D eigenvalue weighted by atomic mass is 16.5. The fraction of sp³-hybridized carbons (Fsp3) is 0.467. The molecule has 0 spiro atoms. The van der Waals surface area contributed by atoms with E-state index in [9.17, 15) is 9.59 Å². The zero-order valence-corrected chi connectivity index (χ0v) is 12.8. The summed E-state index contributed by atoms with van der Waals surface area (Å²) in [5, 5.41) is 0. The van der Waals surface area contributed by atoms with Gasteiger partial charge in [-0.05, 0) is 32.9 Å². The normalized spacial score (nSPS) is 11.1. The smallest absolute Gasteiger partial charge is 0.355 e. The Labute approximate surface area is 123 Å². The summed E-state index contributed by atoms with van der Waals surface area (Å²) in [6.45, 7) is 5.62. The number of fused-ring (bicyclic) bond motifs is 1. The van der Waals surface area contributed by atoms with Gasteiger partial charge in [0.15, 0.2) is 0 Å². The molecule has 0 aliphatic carbocycles. The fourth-order valence-electron chi connectivity index (χ4n) is 2.22. The largest absolute Gasteiger partial charge is 0.465 e. The van der Waals surface area contributed by atoms with Crippen LogP contribution in [0.3, 0.4) is 0 Å². The van der Waals surface area contributed by atoms with Crippen molar-refractivity contribution in [3.63, 3.8) is 0 Å². The molecule has 6 nitrogen and oxygen atoms in total. The number of rotatable bonds is 5. The molecule has 0 amide bonds. The number of aromatic nitrogens is 2. The first-order valence-electron chi connectivity index (χ1n) is 6.95. The van der Waals surface area contributed by atoms with Crippen molar-refractivity contribution in [3.05, 3.63) is 24.0 Å². The molecule has 0 bridgehead atoms. The van der Waals surface area contributed by atoms with Crippen molar-refractivity contribution in [3.8, 4) is 0 Å². The third-order valence-corrected chi connectivity index (χ3v) is 3.10. The number of ether oxygens (including phenoxy) is 2. The van der Waals surface area contributed by atoms with Gasteiger partial charge in [-0.15, -0.1) is 0 Å². The van der Waals surface area contributed by atoms with Gasteiger partial charge in [-0.2, -0.15) is 0 Å². The van der Waals surface area contributed by atoms with E-state index in [0.29, 0.717) is 12.3 Å². The highest BCUT2D eigenvalue weighted by Crippen LogP contribution is 2.22. The molecule has 2 aromatic heterocycles. The Morgan fingerprint density at radius 3 is 2.62 bits per heavy atom. The highest BCUT2D eigenvalue weighted by molar-refractivity contribution is 5.95. The van der Waals surface area contributed by atoms with Gasteiger partial charge in [0.05, 0.1) is 23.7 Å². The number of esters is 2. The monoisotopic (exact) mass is 292 g/mol. The second-order valence-corrected chi connectivity index (χ2v) is 5.07. The van der Waals surface area contributed by atoms with E-state index in [1.165, 1.54) is 0 Å². The SMILES string of the molecule is CCOC(=O)Cn1c(C(=O)OC(C)C)cc2c1ccn2C. The molecule has 6 heteroatoms. The standard InChI is InChI=1S/C15H20N2O4/c1-5-20-14(18)9-17-11-6-7-16(4)12(11)8-13(17)15(19)21-10(2)3/h6-8,10H,5,9H2,1-4H3. The third-order valence-electron chi connectivity index (χ3n) is 3.10. The quantitative estimate of drug-likeness (QED) is 0.792. The molecule has 2 rings (SSSR count). The lowest BCUT2D eigenvalue weighted by molar-refractivity contribution is -0.143. The zero-order valence-electron chi connectivity index (χ0n) is 12.8. The summed E-state index contributed by atoms with van der Waals surface area (Å²) in [5.74, 6) is -0.817. The summed E-state index contributed by atoms with van der Waals surface area (Å²) in [6, 6.07) is 3.60. The predicted octanol–water partition coefficient (Wildman–Crippen LogP) is 2.11. The van der Waals surface area contributed by atoms with Crippen molar-refractivity contribution < 1.29 is 19.1 Å². The minimum atomic E-state index is -0.439. The van der Waals surface area contributed by atoms with Gasteiger partial charge in [-0.3, -0.25) is 4.79 Å². The Bertz CT molecular complexity index is 667. The summed E-state index contributed by atoms with van der Waals surface area (Å²) in [4.78, 5) is 23.9. The van der Waals surface area contributed by atoms with Gasteiger partial charge in [-0.25, -0.2) is 4.79 Å². The predicted molar refractivity (Wildman–Crippen MR) is 78.1 cm³/mol. The first-order chi connectivity index (χ1) is 9.93. The Balaban J connectivity index is 2.43. The molecule has 0 saturated carbocycles. The molecule has 2 heterocycles. The van der Waals surface area contributed by atoms with Crippen molar-refractivity contribution in [2.75, 3.05) is 6.61 Å². The molecule has 0 N–H and O–H groups in total. The second-order valence-electron chi connectivity index (χ2n) is 5.07. The van der Waals surface area contributed by atoms with E-state index in [1.807, 2.05) is 23.9 Å². The topological polar surface area (TPSA) is 62.5 Å². The number of nitrogens with zero attached hydrogens (tertiary/aromatic N) is 2. The van der Waals surface area contributed by atoms with Crippen LogP contribution in [0.25, 0.3) is 11.0 Å². The minimum absolute atomic E-state index is 0.0100. The lowest BCUT2D eigenvalue weighted by atomic mass is 10.4. The molecule has 0 atom stereocenters. The van der Waals surface area contributed by atoms with Gasteiger partial charge in [0.25, 0.3) is 0 Å². The van der Waals surface area contributed by atoms with Gasteiger partial charge in [0, 0.05) is 13.2 Å². The number of aryl methyl sites for hydroxylation is 1. The Hall–Kier alpha value is -2.24. The molecule has 21 heavy (non-hydrogen) atoms. The van der Waals surface area contributed by atoms with Gasteiger partial charge in [-0.1, -0.05) is 0 Å². The second kappa shape index (κ2) is 6.03. The zero-order chi connectivity index (χ0) is 15.6. The van der Waals surface area contributed by atoms with Crippen molar-refractivity contribution in [1.29, 1.82) is 0 Å². The molecule has 0 aromatic carbocycles. The molecular weight excluding hydrogens is 272 g/mol. The van der Waals surface area contributed by atoms with Crippen LogP contribution in [0.1, 0.15) is 31.3 Å². The van der Waals surface area contributed by atoms with Crippen molar-refractivity contribution in [2.45, 2.75) is 33.4 Å². The molecule has 114 valence electrons. The Morgan fingerprint density at radius 2 is 2.00 bits per heavy atom. The van der Waals surface area contributed by atoms with E-state index in [1.54, 1.807) is 31.4 Å². The van der Waals surface area contributed by atoms with Crippen molar-refractivity contribution in [2.24, 2.45) is 7.05 Å². The van der Waals surface area contributed by atoms with Gasteiger partial charge in [0.1, 0.15) is 12.2 Å². The summed E-state index contributed by atoms with van der Waals surface area (Å²) in [7, 11) is 1.88. The lowest BCUT2D eigenvalue weighted by Gasteiger charge is -2.11.